The molecule has 1 nitrogen and oxygen atoms in total. The van der Waals surface area contributed by atoms with Crippen molar-refractivity contribution in [2.75, 3.05) is 0 Å². The second-order valence-corrected chi connectivity index (χ2v) is 3.40. The van der Waals surface area contributed by atoms with Crippen LogP contribution in [0.15, 0.2) is 0 Å². The third-order valence-corrected chi connectivity index (χ3v) is 2.84. The second-order valence-electron chi connectivity index (χ2n) is 1.97. The van der Waals surface area contributed by atoms with Crippen molar-refractivity contribution in [3.8, 4) is 0 Å². The maximum Gasteiger partial charge on any atom is 0.133 e. The number of halogens is 1. The highest BCUT2D eigenvalue weighted by Crippen LogP contribution is 2.13. The van der Waals surface area contributed by atoms with E-state index < -0.39 is 0 Å². The Bertz CT molecular complexity index is 72.9. The fraction of sp³-hybridized carbons (Fsp3) is 0.833. The summed E-state index contributed by atoms with van der Waals surface area (Å²) in [5, 5.41) is 0. The van der Waals surface area contributed by atoms with Gasteiger partial charge in [-0.15, -0.1) is 0 Å². The Hall–Kier alpha value is 0.400. The molecule has 2 heteroatoms. The Morgan fingerprint density at radius 2 is 2.25 bits per heavy atom. The van der Waals surface area contributed by atoms with Gasteiger partial charge in [-0.3, -0.25) is 0 Å². The minimum Gasteiger partial charge on any atom is -0.302 e. The lowest BCUT2D eigenvalue weighted by atomic mass is 10.1. The summed E-state index contributed by atoms with van der Waals surface area (Å²) >= 11 is 2.16. The molecule has 0 aromatic carbocycles. The van der Waals surface area contributed by atoms with Gasteiger partial charge in [0.25, 0.3) is 0 Å². The molecule has 0 aliphatic carbocycles. The molecule has 0 bridgehead atoms. The van der Waals surface area contributed by atoms with Crippen LogP contribution in [0.1, 0.15) is 20.3 Å². The van der Waals surface area contributed by atoms with Gasteiger partial charge in [0.1, 0.15) is 6.29 Å². The third kappa shape index (κ3) is 2.64. The van der Waals surface area contributed by atoms with E-state index in [1.807, 2.05) is 0 Å². The van der Waals surface area contributed by atoms with E-state index in [4.69, 9.17) is 0 Å². The fourth-order valence-electron chi connectivity index (χ4n) is 0.359. The molecule has 0 N–H and O–H groups in total. The molecular formula is C6H11IO. The van der Waals surface area contributed by atoms with Gasteiger partial charge in [0.15, 0.2) is 0 Å². The topological polar surface area (TPSA) is 17.1 Å². The second kappa shape index (κ2) is 4.30. The number of aldehydes is 1. The maximum atomic E-state index is 10.1. The van der Waals surface area contributed by atoms with Crippen molar-refractivity contribution in [2.45, 2.75) is 24.2 Å². The van der Waals surface area contributed by atoms with Crippen LogP contribution in [0.4, 0.5) is 0 Å². The molecule has 0 aromatic rings. The predicted octanol–water partition coefficient (Wildman–Crippen LogP) is 2.04. The van der Waals surface area contributed by atoms with Crippen molar-refractivity contribution in [1.82, 2.24) is 0 Å². The molecule has 0 unspecified atom stereocenters. The fourth-order valence-corrected chi connectivity index (χ4v) is 0.868. The van der Waals surface area contributed by atoms with Crippen molar-refractivity contribution in [3.05, 3.63) is 0 Å². The van der Waals surface area contributed by atoms with Gasteiger partial charge >= 0.3 is 0 Å². The predicted molar refractivity (Wildman–Crippen MR) is 43.3 cm³/mol. The van der Waals surface area contributed by atoms with Crippen LogP contribution in [-0.4, -0.2) is 10.2 Å². The molecule has 48 valence electrons. The summed E-state index contributed by atoms with van der Waals surface area (Å²) in [6.45, 7) is 4.19. The molecule has 0 rings (SSSR count). The summed E-state index contributed by atoms with van der Waals surface area (Å²) in [5.74, 6) is 0.535. The van der Waals surface area contributed by atoms with Crippen molar-refractivity contribution in [3.63, 3.8) is 0 Å². The first-order valence-electron chi connectivity index (χ1n) is 2.81. The average molecular weight is 226 g/mol. The molecule has 0 aliphatic rings. The van der Waals surface area contributed by atoms with Crippen LogP contribution in [-0.2, 0) is 4.79 Å². The highest BCUT2D eigenvalue weighted by molar-refractivity contribution is 14.1. The SMILES string of the molecule is CC[C@H](C)[C@H](I)C=O. The maximum absolute atomic E-state index is 10.1. The summed E-state index contributed by atoms with van der Waals surface area (Å²) in [7, 11) is 0. The Kier molecular flexibility index (Phi) is 4.51. The number of rotatable bonds is 3. The number of carbonyl (C=O) groups excluding carboxylic acids is 1. The van der Waals surface area contributed by atoms with Crippen LogP contribution >= 0.6 is 22.6 Å². The molecule has 2 atom stereocenters. The molecule has 0 saturated heterocycles. The summed E-state index contributed by atoms with van der Waals surface area (Å²) in [6, 6.07) is 0. The zero-order chi connectivity index (χ0) is 6.57. The minimum absolute atomic E-state index is 0.206. The lowest BCUT2D eigenvalue weighted by Crippen LogP contribution is -2.10. The van der Waals surface area contributed by atoms with E-state index in [0.29, 0.717) is 5.92 Å². The first-order valence-corrected chi connectivity index (χ1v) is 4.06. The summed E-state index contributed by atoms with van der Waals surface area (Å²) in [4.78, 5) is 10.1. The largest absolute Gasteiger partial charge is 0.302 e. The van der Waals surface area contributed by atoms with Crippen molar-refractivity contribution >= 4 is 28.9 Å². The number of carbonyl (C=O) groups is 1. The zero-order valence-electron chi connectivity index (χ0n) is 5.23. The molecular weight excluding hydrogens is 215 g/mol. The highest BCUT2D eigenvalue weighted by atomic mass is 127. The highest BCUT2D eigenvalue weighted by Gasteiger charge is 2.08. The first kappa shape index (κ1) is 8.40. The van der Waals surface area contributed by atoms with E-state index >= 15 is 0 Å². The summed E-state index contributed by atoms with van der Waals surface area (Å²) in [6.07, 6.45) is 2.10. The Balaban J connectivity index is 3.44. The standard InChI is InChI=1S/C6H11IO/c1-3-5(2)6(7)4-8/h4-6H,3H2,1-2H3/t5-,6+/m0/s1. The van der Waals surface area contributed by atoms with Crippen molar-refractivity contribution in [2.24, 2.45) is 5.92 Å². The van der Waals surface area contributed by atoms with Crippen molar-refractivity contribution < 1.29 is 4.79 Å². The smallest absolute Gasteiger partial charge is 0.133 e. The quantitative estimate of drug-likeness (QED) is 0.408. The first-order chi connectivity index (χ1) is 3.72. The molecule has 0 radical (unpaired) electrons. The molecule has 0 aliphatic heterocycles. The van der Waals surface area contributed by atoms with E-state index in [9.17, 15) is 4.79 Å². The van der Waals surface area contributed by atoms with Gasteiger partial charge in [0.05, 0.1) is 3.92 Å². The summed E-state index contributed by atoms with van der Waals surface area (Å²) in [5.41, 5.74) is 0. The average Bonchev–Trinajstić information content (AvgIpc) is 1.84. The number of hydrogen-bond donors (Lipinski definition) is 0. The van der Waals surface area contributed by atoms with Crippen molar-refractivity contribution in [1.29, 1.82) is 0 Å². The van der Waals surface area contributed by atoms with Gasteiger partial charge in [-0.1, -0.05) is 42.9 Å². The molecule has 0 aromatic heterocycles. The van der Waals surface area contributed by atoms with E-state index in [0.717, 1.165) is 12.7 Å². The number of hydrogen-bond acceptors (Lipinski definition) is 1. The van der Waals surface area contributed by atoms with E-state index in [1.165, 1.54) is 0 Å². The minimum atomic E-state index is 0.206. The van der Waals surface area contributed by atoms with Crippen LogP contribution in [0.5, 0.6) is 0 Å². The van der Waals surface area contributed by atoms with Gasteiger partial charge in [0.2, 0.25) is 0 Å². The molecule has 0 spiro atoms. The molecule has 0 saturated carbocycles. The van der Waals surface area contributed by atoms with Gasteiger partial charge in [-0.25, -0.2) is 0 Å². The zero-order valence-corrected chi connectivity index (χ0v) is 7.38. The monoisotopic (exact) mass is 226 g/mol. The molecule has 0 fully saturated rings. The lowest BCUT2D eigenvalue weighted by molar-refractivity contribution is -0.107. The van der Waals surface area contributed by atoms with Crippen LogP contribution < -0.4 is 0 Å². The van der Waals surface area contributed by atoms with Gasteiger partial charge in [0, 0.05) is 0 Å². The van der Waals surface area contributed by atoms with Gasteiger partial charge in [-0.05, 0) is 5.92 Å². The Labute approximate surface area is 64.0 Å². The van der Waals surface area contributed by atoms with E-state index in [-0.39, 0.29) is 3.92 Å². The molecule has 0 amide bonds. The van der Waals surface area contributed by atoms with E-state index in [1.54, 1.807) is 0 Å². The summed E-state index contributed by atoms with van der Waals surface area (Å²) < 4.78 is 0.206. The van der Waals surface area contributed by atoms with Gasteiger partial charge in [-0.2, -0.15) is 0 Å². The third-order valence-electron chi connectivity index (χ3n) is 1.32. The normalized spacial score (nSPS) is 17.4. The van der Waals surface area contributed by atoms with Crippen LogP contribution in [0, 0.1) is 5.92 Å². The lowest BCUT2D eigenvalue weighted by Gasteiger charge is -2.07. The van der Waals surface area contributed by atoms with Crippen LogP contribution in [0.25, 0.3) is 0 Å². The Morgan fingerprint density at radius 3 is 2.38 bits per heavy atom. The van der Waals surface area contributed by atoms with Crippen LogP contribution in [0.3, 0.4) is 0 Å². The molecule has 0 heterocycles. The van der Waals surface area contributed by atoms with Crippen LogP contribution in [0.2, 0.25) is 0 Å². The molecule has 8 heavy (non-hydrogen) atoms. The Morgan fingerprint density at radius 1 is 1.75 bits per heavy atom. The van der Waals surface area contributed by atoms with Gasteiger partial charge < -0.3 is 4.79 Å². The van der Waals surface area contributed by atoms with E-state index in [2.05, 4.69) is 36.4 Å². The number of alkyl halides is 1.